The number of hydrogen-bond donors (Lipinski definition) is 0. The normalized spacial score (nSPS) is 30.6. The zero-order valence-corrected chi connectivity index (χ0v) is 17.4. The Balaban J connectivity index is 1.50. The quantitative estimate of drug-likeness (QED) is 0.793. The van der Waals surface area contributed by atoms with Crippen LogP contribution in [0.25, 0.3) is 0 Å². The number of fused-ring (bicyclic) bond motifs is 2. The molecule has 1 aliphatic carbocycles. The monoisotopic (exact) mass is 386 g/mol. The average Bonchev–Trinajstić information content (AvgIpc) is 3.22. The number of rotatable bonds is 4. The van der Waals surface area contributed by atoms with E-state index in [0.717, 1.165) is 42.8 Å². The van der Waals surface area contributed by atoms with Crippen LogP contribution >= 0.6 is 0 Å². The van der Waals surface area contributed by atoms with Crippen molar-refractivity contribution in [2.24, 2.45) is 16.0 Å². The molecule has 6 heteroatoms. The SMILES string of the molecule is COc1ccc(OC)c(C2=NO[C@H](C(=O)N3C[C@@]4(C)C[C@@H]3CC(C)(C)C4)C2)c1. The third kappa shape index (κ3) is 3.33. The molecule has 2 aliphatic heterocycles. The number of benzene rings is 1. The van der Waals surface area contributed by atoms with Crippen LogP contribution in [0, 0.1) is 10.8 Å². The number of likely N-dealkylation sites (tertiary alicyclic amines) is 1. The van der Waals surface area contributed by atoms with Gasteiger partial charge in [-0.25, -0.2) is 0 Å². The molecule has 6 nitrogen and oxygen atoms in total. The van der Waals surface area contributed by atoms with E-state index in [1.54, 1.807) is 14.2 Å². The van der Waals surface area contributed by atoms with E-state index in [0.29, 0.717) is 18.2 Å². The Kier molecular flexibility index (Phi) is 4.55. The summed E-state index contributed by atoms with van der Waals surface area (Å²) < 4.78 is 10.8. The van der Waals surface area contributed by atoms with Gasteiger partial charge in [0.25, 0.3) is 5.91 Å². The first-order valence-electron chi connectivity index (χ1n) is 9.99. The molecule has 0 N–H and O–H groups in total. The van der Waals surface area contributed by atoms with E-state index in [4.69, 9.17) is 14.3 Å². The summed E-state index contributed by atoms with van der Waals surface area (Å²) >= 11 is 0. The number of methoxy groups -OCH3 is 2. The summed E-state index contributed by atoms with van der Waals surface area (Å²) in [5.74, 6) is 1.48. The van der Waals surface area contributed by atoms with Crippen LogP contribution in [0.4, 0.5) is 0 Å². The first kappa shape index (κ1) is 19.1. The van der Waals surface area contributed by atoms with E-state index in [1.165, 1.54) is 0 Å². The highest BCUT2D eigenvalue weighted by molar-refractivity contribution is 6.06. The maximum absolute atomic E-state index is 13.3. The molecule has 0 spiro atoms. The minimum absolute atomic E-state index is 0.0621. The maximum atomic E-state index is 13.3. The number of ether oxygens (including phenoxy) is 2. The van der Waals surface area contributed by atoms with E-state index in [9.17, 15) is 4.79 Å². The van der Waals surface area contributed by atoms with Crippen molar-refractivity contribution in [2.45, 2.75) is 58.6 Å². The molecule has 1 saturated carbocycles. The van der Waals surface area contributed by atoms with Crippen molar-refractivity contribution in [3.63, 3.8) is 0 Å². The van der Waals surface area contributed by atoms with E-state index in [2.05, 4.69) is 30.8 Å². The smallest absolute Gasteiger partial charge is 0.267 e. The fourth-order valence-corrected chi connectivity index (χ4v) is 5.61. The lowest BCUT2D eigenvalue weighted by Crippen LogP contribution is -2.43. The molecule has 1 amide bonds. The first-order valence-corrected chi connectivity index (χ1v) is 9.99. The largest absolute Gasteiger partial charge is 0.497 e. The summed E-state index contributed by atoms with van der Waals surface area (Å²) in [6.07, 6.45) is 3.20. The molecule has 0 aromatic heterocycles. The molecule has 1 aromatic carbocycles. The van der Waals surface area contributed by atoms with Crippen LogP contribution < -0.4 is 9.47 Å². The van der Waals surface area contributed by atoms with Crippen molar-refractivity contribution in [3.8, 4) is 11.5 Å². The highest BCUT2D eigenvalue weighted by Crippen LogP contribution is 2.52. The first-order chi connectivity index (χ1) is 13.2. The Morgan fingerprint density at radius 3 is 2.71 bits per heavy atom. The van der Waals surface area contributed by atoms with Gasteiger partial charge in [0.2, 0.25) is 6.10 Å². The standard InChI is InChI=1S/C22H30N2O4/c1-21(2)10-14-11-22(3,12-21)13-24(14)20(25)19-9-17(23-28-19)16-8-15(26-4)6-7-18(16)27-5/h6-8,14,19H,9-13H2,1-5H3/t14-,19-,22-/m0/s1. The molecule has 152 valence electrons. The Bertz CT molecular complexity index is 819. The van der Waals surface area contributed by atoms with Crippen molar-refractivity contribution in [1.29, 1.82) is 0 Å². The lowest BCUT2D eigenvalue weighted by Gasteiger charge is -2.39. The van der Waals surface area contributed by atoms with Gasteiger partial charge in [0, 0.05) is 24.6 Å². The molecule has 2 heterocycles. The summed E-state index contributed by atoms with van der Waals surface area (Å²) in [6.45, 7) is 7.76. The topological polar surface area (TPSA) is 60.4 Å². The van der Waals surface area contributed by atoms with Crippen molar-refractivity contribution in [1.82, 2.24) is 4.90 Å². The van der Waals surface area contributed by atoms with Crippen molar-refractivity contribution >= 4 is 11.6 Å². The zero-order valence-electron chi connectivity index (χ0n) is 17.4. The van der Waals surface area contributed by atoms with Gasteiger partial charge >= 0.3 is 0 Å². The number of oxime groups is 1. The lowest BCUT2D eigenvalue weighted by atomic mass is 9.65. The summed E-state index contributed by atoms with van der Waals surface area (Å²) in [7, 11) is 3.25. The summed E-state index contributed by atoms with van der Waals surface area (Å²) in [5.41, 5.74) is 2.02. The third-order valence-corrected chi connectivity index (χ3v) is 6.36. The third-order valence-electron chi connectivity index (χ3n) is 6.36. The van der Waals surface area contributed by atoms with Gasteiger partial charge in [0.1, 0.15) is 11.5 Å². The van der Waals surface area contributed by atoms with Gasteiger partial charge in [-0.3, -0.25) is 4.79 Å². The molecule has 1 aromatic rings. The van der Waals surface area contributed by atoms with Crippen LogP contribution in [-0.2, 0) is 9.63 Å². The van der Waals surface area contributed by atoms with E-state index in [1.807, 2.05) is 18.2 Å². The highest BCUT2D eigenvalue weighted by atomic mass is 16.6. The van der Waals surface area contributed by atoms with Crippen LogP contribution in [0.1, 0.15) is 52.0 Å². The molecule has 28 heavy (non-hydrogen) atoms. The molecular formula is C22H30N2O4. The second kappa shape index (κ2) is 6.68. The van der Waals surface area contributed by atoms with Crippen molar-refractivity contribution < 1.29 is 19.1 Å². The van der Waals surface area contributed by atoms with Gasteiger partial charge in [-0.05, 0) is 48.3 Å². The molecule has 0 unspecified atom stereocenters. The summed E-state index contributed by atoms with van der Waals surface area (Å²) in [5, 5.41) is 4.23. The Hall–Kier alpha value is -2.24. The maximum Gasteiger partial charge on any atom is 0.267 e. The highest BCUT2D eigenvalue weighted by Gasteiger charge is 2.52. The molecule has 3 aliphatic rings. The second-order valence-electron chi connectivity index (χ2n) is 9.58. The average molecular weight is 386 g/mol. The second-order valence-corrected chi connectivity index (χ2v) is 9.58. The van der Waals surface area contributed by atoms with Crippen molar-refractivity contribution in [3.05, 3.63) is 23.8 Å². The number of nitrogens with zero attached hydrogens (tertiary/aromatic N) is 2. The van der Waals surface area contributed by atoms with Gasteiger partial charge in [-0.15, -0.1) is 0 Å². The fourth-order valence-electron chi connectivity index (χ4n) is 5.61. The van der Waals surface area contributed by atoms with Crippen LogP contribution in [0.3, 0.4) is 0 Å². The molecular weight excluding hydrogens is 356 g/mol. The van der Waals surface area contributed by atoms with Gasteiger partial charge in [-0.2, -0.15) is 0 Å². The number of hydrogen-bond acceptors (Lipinski definition) is 5. The predicted molar refractivity (Wildman–Crippen MR) is 107 cm³/mol. The molecule has 2 fully saturated rings. The Morgan fingerprint density at radius 1 is 1.21 bits per heavy atom. The molecule has 3 atom stereocenters. The summed E-state index contributed by atoms with van der Waals surface area (Å²) in [6, 6.07) is 5.87. The van der Waals surface area contributed by atoms with Crippen LogP contribution in [0.15, 0.2) is 23.4 Å². The lowest BCUT2D eigenvalue weighted by molar-refractivity contribution is -0.143. The molecule has 1 saturated heterocycles. The number of amides is 1. The van der Waals surface area contributed by atoms with Crippen LogP contribution in [-0.4, -0.2) is 49.4 Å². The summed E-state index contributed by atoms with van der Waals surface area (Å²) in [4.78, 5) is 20.9. The van der Waals surface area contributed by atoms with Gasteiger partial charge in [0.05, 0.1) is 19.9 Å². The number of carbonyl (C=O) groups excluding carboxylic acids is 1. The Morgan fingerprint density at radius 2 is 2.00 bits per heavy atom. The number of carbonyl (C=O) groups is 1. The minimum atomic E-state index is -0.558. The predicted octanol–water partition coefficient (Wildman–Crippen LogP) is 3.62. The van der Waals surface area contributed by atoms with E-state index >= 15 is 0 Å². The molecule has 2 bridgehead atoms. The van der Waals surface area contributed by atoms with Crippen LogP contribution in [0.2, 0.25) is 0 Å². The zero-order chi connectivity index (χ0) is 20.1. The van der Waals surface area contributed by atoms with Gasteiger partial charge < -0.3 is 19.2 Å². The molecule has 0 radical (unpaired) electrons. The minimum Gasteiger partial charge on any atom is -0.497 e. The Labute approximate surface area is 166 Å². The van der Waals surface area contributed by atoms with E-state index in [-0.39, 0.29) is 16.7 Å². The van der Waals surface area contributed by atoms with E-state index < -0.39 is 6.10 Å². The van der Waals surface area contributed by atoms with Gasteiger partial charge in [-0.1, -0.05) is 25.9 Å². The van der Waals surface area contributed by atoms with Crippen LogP contribution in [0.5, 0.6) is 11.5 Å². The van der Waals surface area contributed by atoms with Gasteiger partial charge in [0.15, 0.2) is 0 Å². The van der Waals surface area contributed by atoms with Crippen molar-refractivity contribution in [2.75, 3.05) is 20.8 Å². The molecule has 4 rings (SSSR count). The fraction of sp³-hybridized carbons (Fsp3) is 0.636.